The minimum Gasteiger partial charge on any atom is -0.481 e. The third-order valence-electron chi connectivity index (χ3n) is 3.98. The van der Waals surface area contributed by atoms with Crippen molar-refractivity contribution in [1.29, 1.82) is 0 Å². The van der Waals surface area contributed by atoms with Crippen LogP contribution in [-0.2, 0) is 4.79 Å². The Bertz CT molecular complexity index is 790. The summed E-state index contributed by atoms with van der Waals surface area (Å²) in [7, 11) is 0. The van der Waals surface area contributed by atoms with Crippen LogP contribution >= 0.6 is 0 Å². The van der Waals surface area contributed by atoms with E-state index in [-0.39, 0.29) is 17.9 Å². The predicted octanol–water partition coefficient (Wildman–Crippen LogP) is 1.67. The summed E-state index contributed by atoms with van der Waals surface area (Å²) in [6, 6.07) is 5.73. The van der Waals surface area contributed by atoms with Crippen LogP contribution in [0.15, 0.2) is 41.5 Å². The Balaban J connectivity index is 1.97. The highest BCUT2D eigenvalue weighted by molar-refractivity contribution is 5.71. The molecule has 0 amide bonds. The lowest BCUT2D eigenvalue weighted by Crippen LogP contribution is -2.42. The molecular weight excluding hydrogens is 301 g/mol. The Morgan fingerprint density at radius 1 is 1.39 bits per heavy atom. The molecule has 7 heteroatoms. The zero-order valence-corrected chi connectivity index (χ0v) is 12.4. The van der Waals surface area contributed by atoms with Gasteiger partial charge in [-0.1, -0.05) is 6.07 Å². The van der Waals surface area contributed by atoms with Crippen LogP contribution in [-0.4, -0.2) is 33.7 Å². The number of rotatable bonds is 3. The lowest BCUT2D eigenvalue weighted by Gasteiger charge is -2.31. The van der Waals surface area contributed by atoms with Crippen LogP contribution in [0.3, 0.4) is 0 Å². The summed E-state index contributed by atoms with van der Waals surface area (Å²) in [4.78, 5) is 29.6. The van der Waals surface area contributed by atoms with Gasteiger partial charge in [-0.2, -0.15) is 0 Å². The van der Waals surface area contributed by atoms with Crippen LogP contribution < -0.4 is 10.5 Å². The fraction of sp³-hybridized carbons (Fsp3) is 0.312. The second-order valence-corrected chi connectivity index (χ2v) is 5.53. The Morgan fingerprint density at radius 3 is 2.96 bits per heavy atom. The van der Waals surface area contributed by atoms with E-state index in [2.05, 4.69) is 4.98 Å². The minimum atomic E-state index is -0.865. The van der Waals surface area contributed by atoms with E-state index in [1.165, 1.54) is 35.2 Å². The number of aliphatic carboxylic acids is 1. The molecule has 1 atom stereocenters. The largest absolute Gasteiger partial charge is 0.481 e. The number of piperidine rings is 1. The summed E-state index contributed by atoms with van der Waals surface area (Å²) in [5.74, 6) is -1.61. The topological polar surface area (TPSA) is 75.4 Å². The zero-order chi connectivity index (χ0) is 16.4. The number of hydrogen-bond acceptors (Lipinski definition) is 4. The number of aromatic nitrogens is 2. The molecule has 2 aromatic rings. The van der Waals surface area contributed by atoms with Gasteiger partial charge in [-0.15, -0.1) is 0 Å². The average Bonchev–Trinajstić information content (AvgIpc) is 2.55. The first-order valence-corrected chi connectivity index (χ1v) is 7.37. The number of halogens is 1. The predicted molar refractivity (Wildman–Crippen MR) is 82.4 cm³/mol. The van der Waals surface area contributed by atoms with Crippen molar-refractivity contribution in [3.05, 3.63) is 52.8 Å². The van der Waals surface area contributed by atoms with E-state index in [0.717, 1.165) is 0 Å². The van der Waals surface area contributed by atoms with Crippen molar-refractivity contribution in [3.8, 4) is 5.69 Å². The second-order valence-electron chi connectivity index (χ2n) is 5.53. The van der Waals surface area contributed by atoms with Crippen LogP contribution in [0, 0.1) is 11.7 Å². The first-order valence-electron chi connectivity index (χ1n) is 7.37. The van der Waals surface area contributed by atoms with Crippen LogP contribution in [0.5, 0.6) is 0 Å². The van der Waals surface area contributed by atoms with Crippen LogP contribution in [0.25, 0.3) is 5.69 Å². The molecule has 0 aliphatic carbocycles. The molecule has 6 nitrogen and oxygen atoms in total. The molecule has 1 aliphatic heterocycles. The third-order valence-corrected chi connectivity index (χ3v) is 3.98. The van der Waals surface area contributed by atoms with Gasteiger partial charge >= 0.3 is 5.97 Å². The number of nitrogens with zero attached hydrogens (tertiary/aromatic N) is 3. The average molecular weight is 317 g/mol. The molecule has 0 saturated carbocycles. The second kappa shape index (κ2) is 6.20. The first kappa shape index (κ1) is 15.2. The fourth-order valence-corrected chi connectivity index (χ4v) is 2.82. The van der Waals surface area contributed by atoms with Gasteiger partial charge in [-0.3, -0.25) is 14.2 Å². The van der Waals surface area contributed by atoms with Crippen molar-refractivity contribution in [3.63, 3.8) is 0 Å². The first-order chi connectivity index (χ1) is 11.1. The highest BCUT2D eigenvalue weighted by Gasteiger charge is 2.27. The highest BCUT2D eigenvalue weighted by atomic mass is 19.1. The summed E-state index contributed by atoms with van der Waals surface area (Å²) >= 11 is 0. The molecule has 0 spiro atoms. The number of carbonyl (C=O) groups is 1. The molecule has 3 rings (SSSR count). The molecule has 2 heterocycles. The molecule has 1 fully saturated rings. The molecule has 1 unspecified atom stereocenters. The van der Waals surface area contributed by atoms with Crippen molar-refractivity contribution in [2.75, 3.05) is 18.0 Å². The van der Waals surface area contributed by atoms with Crippen molar-refractivity contribution in [2.24, 2.45) is 5.92 Å². The number of anilines is 1. The molecule has 120 valence electrons. The van der Waals surface area contributed by atoms with Crippen LogP contribution in [0.1, 0.15) is 12.8 Å². The van der Waals surface area contributed by atoms with Crippen molar-refractivity contribution in [2.45, 2.75) is 12.8 Å². The Hall–Kier alpha value is -2.70. The van der Waals surface area contributed by atoms with Crippen LogP contribution in [0.2, 0.25) is 0 Å². The van der Waals surface area contributed by atoms with E-state index in [9.17, 15) is 14.0 Å². The lowest BCUT2D eigenvalue weighted by molar-refractivity contribution is -0.141. The van der Waals surface area contributed by atoms with E-state index in [1.807, 2.05) is 0 Å². The summed E-state index contributed by atoms with van der Waals surface area (Å²) in [5.41, 5.74) is 0.0228. The SMILES string of the molecule is O=C(O)C1CCCN(c2nccn(-c3cccc(F)c3)c2=O)C1. The number of hydrogen-bond donors (Lipinski definition) is 1. The Morgan fingerprint density at radius 2 is 2.22 bits per heavy atom. The molecule has 1 aliphatic rings. The van der Waals surface area contributed by atoms with Crippen molar-refractivity contribution < 1.29 is 14.3 Å². The van der Waals surface area contributed by atoms with E-state index >= 15 is 0 Å². The zero-order valence-electron chi connectivity index (χ0n) is 12.4. The maximum Gasteiger partial charge on any atom is 0.308 e. The van der Waals surface area contributed by atoms with Gasteiger partial charge in [0, 0.05) is 25.5 Å². The number of benzene rings is 1. The van der Waals surface area contributed by atoms with Crippen molar-refractivity contribution in [1.82, 2.24) is 9.55 Å². The van der Waals surface area contributed by atoms with E-state index in [4.69, 9.17) is 5.11 Å². The molecule has 1 aromatic carbocycles. The summed E-state index contributed by atoms with van der Waals surface area (Å²) in [6.45, 7) is 0.837. The maximum atomic E-state index is 13.4. The maximum absolute atomic E-state index is 13.4. The molecule has 23 heavy (non-hydrogen) atoms. The monoisotopic (exact) mass is 317 g/mol. The molecule has 1 aromatic heterocycles. The fourth-order valence-electron chi connectivity index (χ4n) is 2.82. The van der Waals surface area contributed by atoms with E-state index in [0.29, 0.717) is 25.1 Å². The Labute approximate surface area is 131 Å². The summed E-state index contributed by atoms with van der Waals surface area (Å²) in [5, 5.41) is 9.16. The summed E-state index contributed by atoms with van der Waals surface area (Å²) < 4.78 is 14.7. The normalized spacial score (nSPS) is 18.0. The van der Waals surface area contributed by atoms with E-state index in [1.54, 1.807) is 11.0 Å². The van der Waals surface area contributed by atoms with Gasteiger partial charge in [0.05, 0.1) is 11.6 Å². The quantitative estimate of drug-likeness (QED) is 0.932. The van der Waals surface area contributed by atoms with Gasteiger partial charge in [0.25, 0.3) is 5.56 Å². The standard InChI is InChI=1S/C16H16FN3O3/c17-12-4-1-5-13(9-12)20-8-6-18-14(15(20)21)19-7-2-3-11(10-19)16(22)23/h1,4-6,8-9,11H,2-3,7,10H2,(H,22,23). The minimum absolute atomic E-state index is 0.197. The van der Waals surface area contributed by atoms with Gasteiger partial charge < -0.3 is 10.0 Å². The molecule has 0 bridgehead atoms. The lowest BCUT2D eigenvalue weighted by atomic mass is 9.98. The van der Waals surface area contributed by atoms with Gasteiger partial charge in [0.15, 0.2) is 5.82 Å². The number of carboxylic acid groups (broad SMARTS) is 1. The van der Waals surface area contributed by atoms with Gasteiger partial charge in [-0.05, 0) is 31.0 Å². The van der Waals surface area contributed by atoms with Gasteiger partial charge in [0.1, 0.15) is 5.82 Å². The number of carboxylic acids is 1. The van der Waals surface area contributed by atoms with Gasteiger partial charge in [-0.25, -0.2) is 9.37 Å². The Kier molecular flexibility index (Phi) is 4.10. The molecular formula is C16H16FN3O3. The van der Waals surface area contributed by atoms with Crippen molar-refractivity contribution >= 4 is 11.8 Å². The molecule has 1 N–H and O–H groups in total. The van der Waals surface area contributed by atoms with E-state index < -0.39 is 17.7 Å². The van der Waals surface area contributed by atoms with Crippen LogP contribution in [0.4, 0.5) is 10.2 Å². The molecule has 1 saturated heterocycles. The highest BCUT2D eigenvalue weighted by Crippen LogP contribution is 2.20. The molecule has 0 radical (unpaired) electrons. The van der Waals surface area contributed by atoms with Gasteiger partial charge in [0.2, 0.25) is 0 Å². The third kappa shape index (κ3) is 3.08. The smallest absolute Gasteiger partial charge is 0.308 e. The summed E-state index contributed by atoms with van der Waals surface area (Å²) in [6.07, 6.45) is 4.22.